The molecule has 0 aromatic carbocycles. The molecule has 0 aliphatic carbocycles. The lowest BCUT2D eigenvalue weighted by atomic mass is 9.76. The molecule has 1 unspecified atom stereocenters. The lowest BCUT2D eigenvalue weighted by molar-refractivity contribution is 0.0791. The van der Waals surface area contributed by atoms with Crippen molar-refractivity contribution in [3.8, 4) is 0 Å². The smallest absolute Gasteiger partial charge is 0.00501 e. The summed E-state index contributed by atoms with van der Waals surface area (Å²) in [5.74, 6) is 1.02. The molecule has 0 radical (unpaired) electrons. The van der Waals surface area contributed by atoms with Gasteiger partial charge >= 0.3 is 0 Å². The minimum Gasteiger partial charge on any atom is -0.316 e. The van der Waals surface area contributed by atoms with Crippen molar-refractivity contribution in [1.29, 1.82) is 0 Å². The lowest BCUT2D eigenvalue weighted by Crippen LogP contribution is -2.49. The van der Waals surface area contributed by atoms with E-state index in [4.69, 9.17) is 0 Å². The zero-order chi connectivity index (χ0) is 13.6. The first kappa shape index (κ1) is 15.3. The quantitative estimate of drug-likeness (QED) is 0.789. The molecule has 0 aromatic heterocycles. The molecule has 2 heterocycles. The summed E-state index contributed by atoms with van der Waals surface area (Å²) in [6, 6.07) is 0. The monoisotopic (exact) mass is 266 g/mol. The van der Waals surface area contributed by atoms with Crippen molar-refractivity contribution in [2.45, 2.75) is 65.2 Å². The molecule has 2 fully saturated rings. The summed E-state index contributed by atoms with van der Waals surface area (Å²) in [7, 11) is 0. The molecule has 0 saturated carbocycles. The van der Waals surface area contributed by atoms with E-state index >= 15 is 0 Å². The van der Waals surface area contributed by atoms with Gasteiger partial charge in [0.05, 0.1) is 0 Å². The Labute approximate surface area is 120 Å². The molecule has 19 heavy (non-hydrogen) atoms. The van der Waals surface area contributed by atoms with E-state index in [2.05, 4.69) is 24.1 Å². The second-order valence-corrected chi connectivity index (χ2v) is 7.04. The lowest BCUT2D eigenvalue weighted by Gasteiger charge is -2.43. The van der Waals surface area contributed by atoms with Gasteiger partial charge in [-0.1, -0.05) is 33.1 Å². The third-order valence-corrected chi connectivity index (χ3v) is 5.30. The van der Waals surface area contributed by atoms with Gasteiger partial charge in [0, 0.05) is 13.1 Å². The largest absolute Gasteiger partial charge is 0.316 e. The maximum absolute atomic E-state index is 3.65. The Morgan fingerprint density at radius 1 is 1.16 bits per heavy atom. The van der Waals surface area contributed by atoms with E-state index in [1.54, 1.807) is 0 Å². The summed E-state index contributed by atoms with van der Waals surface area (Å²) in [5.41, 5.74) is 0.588. The Morgan fingerprint density at radius 3 is 2.53 bits per heavy atom. The van der Waals surface area contributed by atoms with E-state index < -0.39 is 0 Å². The van der Waals surface area contributed by atoms with E-state index in [1.807, 2.05) is 0 Å². The second kappa shape index (κ2) is 7.64. The molecular weight excluding hydrogens is 232 g/mol. The van der Waals surface area contributed by atoms with Crippen molar-refractivity contribution in [3.63, 3.8) is 0 Å². The fourth-order valence-corrected chi connectivity index (χ4v) is 4.30. The first-order chi connectivity index (χ1) is 9.28. The molecule has 0 amide bonds. The van der Waals surface area contributed by atoms with Crippen LogP contribution in [0.5, 0.6) is 0 Å². The van der Waals surface area contributed by atoms with Gasteiger partial charge in [0.1, 0.15) is 0 Å². The fraction of sp³-hybridized carbons (Fsp3) is 1.00. The number of likely N-dealkylation sites (tertiary alicyclic amines) is 1. The third-order valence-electron chi connectivity index (χ3n) is 5.30. The van der Waals surface area contributed by atoms with Crippen molar-refractivity contribution < 1.29 is 0 Å². The van der Waals surface area contributed by atoms with Crippen LogP contribution in [0.15, 0.2) is 0 Å². The highest BCUT2D eigenvalue weighted by Gasteiger charge is 2.34. The average Bonchev–Trinajstić information content (AvgIpc) is 2.43. The first-order valence-electron chi connectivity index (χ1n) is 8.71. The van der Waals surface area contributed by atoms with E-state index in [9.17, 15) is 0 Å². The maximum atomic E-state index is 3.65. The summed E-state index contributed by atoms with van der Waals surface area (Å²) >= 11 is 0. The van der Waals surface area contributed by atoms with Crippen LogP contribution in [0.1, 0.15) is 65.2 Å². The van der Waals surface area contributed by atoms with Gasteiger partial charge in [-0.25, -0.2) is 0 Å². The number of piperidine rings is 2. The van der Waals surface area contributed by atoms with Crippen molar-refractivity contribution in [2.75, 3.05) is 32.7 Å². The average molecular weight is 266 g/mol. The van der Waals surface area contributed by atoms with Crippen LogP contribution in [0.4, 0.5) is 0 Å². The van der Waals surface area contributed by atoms with Crippen LogP contribution in [-0.2, 0) is 0 Å². The normalized spacial score (nSPS) is 30.6. The number of hydrogen-bond acceptors (Lipinski definition) is 2. The Hall–Kier alpha value is -0.0800. The molecule has 0 spiro atoms. The molecule has 2 saturated heterocycles. The molecule has 2 heteroatoms. The molecule has 2 aliphatic heterocycles. The van der Waals surface area contributed by atoms with Gasteiger partial charge < -0.3 is 10.2 Å². The summed E-state index contributed by atoms with van der Waals surface area (Å²) < 4.78 is 0. The van der Waals surface area contributed by atoms with Gasteiger partial charge in [-0.05, 0) is 63.1 Å². The maximum Gasteiger partial charge on any atom is 0.00501 e. The minimum atomic E-state index is 0.588. The van der Waals surface area contributed by atoms with Crippen molar-refractivity contribution >= 4 is 0 Å². The summed E-state index contributed by atoms with van der Waals surface area (Å²) in [6.45, 7) is 11.2. The van der Waals surface area contributed by atoms with Gasteiger partial charge in [0.15, 0.2) is 0 Å². The van der Waals surface area contributed by atoms with Gasteiger partial charge in [-0.3, -0.25) is 0 Å². The number of nitrogens with one attached hydrogen (secondary N) is 1. The Morgan fingerprint density at radius 2 is 1.95 bits per heavy atom. The Balaban J connectivity index is 1.81. The number of nitrogens with zero attached hydrogens (tertiary/aromatic N) is 1. The molecular formula is C17H34N2. The predicted molar refractivity (Wildman–Crippen MR) is 83.5 cm³/mol. The number of hydrogen-bond donors (Lipinski definition) is 1. The Kier molecular flexibility index (Phi) is 6.15. The highest BCUT2D eigenvalue weighted by molar-refractivity contribution is 4.89. The van der Waals surface area contributed by atoms with Crippen LogP contribution >= 0.6 is 0 Å². The summed E-state index contributed by atoms with van der Waals surface area (Å²) in [5, 5.41) is 3.65. The molecule has 112 valence electrons. The highest BCUT2D eigenvalue weighted by Crippen LogP contribution is 2.34. The topological polar surface area (TPSA) is 15.3 Å². The van der Waals surface area contributed by atoms with Gasteiger partial charge in [-0.2, -0.15) is 0 Å². The number of rotatable bonds is 6. The van der Waals surface area contributed by atoms with Crippen LogP contribution in [-0.4, -0.2) is 37.6 Å². The van der Waals surface area contributed by atoms with E-state index in [-0.39, 0.29) is 0 Å². The third kappa shape index (κ3) is 4.46. The summed E-state index contributed by atoms with van der Waals surface area (Å²) in [4.78, 5) is 2.77. The molecule has 2 nitrogen and oxygen atoms in total. The fourth-order valence-electron chi connectivity index (χ4n) is 4.30. The van der Waals surface area contributed by atoms with E-state index in [0.29, 0.717) is 5.41 Å². The van der Waals surface area contributed by atoms with Crippen molar-refractivity contribution in [3.05, 3.63) is 0 Å². The van der Waals surface area contributed by atoms with Crippen molar-refractivity contribution in [2.24, 2.45) is 11.3 Å². The molecule has 2 aliphatic rings. The van der Waals surface area contributed by atoms with Gasteiger partial charge in [-0.15, -0.1) is 0 Å². The molecule has 2 rings (SSSR count). The minimum absolute atomic E-state index is 0.588. The Bertz CT molecular complexity index is 232. The molecule has 0 aromatic rings. The predicted octanol–water partition coefficient (Wildman–Crippen LogP) is 3.67. The van der Waals surface area contributed by atoms with Crippen LogP contribution in [0.2, 0.25) is 0 Å². The molecule has 1 atom stereocenters. The standard InChI is InChI=1S/C17H34N2/c1-3-6-16-7-12-19(13-8-16)15-17(9-4-2)10-5-11-18-14-17/h16,18H,3-15H2,1-2H3. The zero-order valence-corrected chi connectivity index (χ0v) is 13.2. The van der Waals surface area contributed by atoms with E-state index in [0.717, 1.165) is 5.92 Å². The zero-order valence-electron chi connectivity index (χ0n) is 13.2. The van der Waals surface area contributed by atoms with Gasteiger partial charge in [0.2, 0.25) is 0 Å². The second-order valence-electron chi connectivity index (χ2n) is 7.04. The van der Waals surface area contributed by atoms with Gasteiger partial charge in [0.25, 0.3) is 0 Å². The molecule has 1 N–H and O–H groups in total. The van der Waals surface area contributed by atoms with E-state index in [1.165, 1.54) is 84.1 Å². The van der Waals surface area contributed by atoms with Crippen LogP contribution in [0.3, 0.4) is 0 Å². The summed E-state index contributed by atoms with van der Waals surface area (Å²) in [6.07, 6.45) is 11.3. The highest BCUT2D eigenvalue weighted by atomic mass is 15.1. The SMILES string of the molecule is CCCC1CCN(CC2(CCC)CCCNC2)CC1. The van der Waals surface area contributed by atoms with Crippen molar-refractivity contribution in [1.82, 2.24) is 10.2 Å². The van der Waals surface area contributed by atoms with Crippen LogP contribution < -0.4 is 5.32 Å². The first-order valence-corrected chi connectivity index (χ1v) is 8.71. The van der Waals surface area contributed by atoms with Crippen LogP contribution in [0.25, 0.3) is 0 Å². The molecule has 0 bridgehead atoms. The van der Waals surface area contributed by atoms with Crippen LogP contribution in [0, 0.1) is 11.3 Å².